The van der Waals surface area contributed by atoms with Crippen molar-refractivity contribution >= 4 is 22.6 Å². The molecule has 1 aliphatic rings. The summed E-state index contributed by atoms with van der Waals surface area (Å²) >= 11 is 1.57. The van der Waals surface area contributed by atoms with Crippen LogP contribution in [0.4, 0.5) is 0 Å². The molecule has 3 heteroatoms. The van der Waals surface area contributed by atoms with Crippen LogP contribution in [0.5, 0.6) is 0 Å². The lowest BCUT2D eigenvalue weighted by molar-refractivity contribution is 0.600. The Labute approximate surface area is 145 Å². The maximum Gasteiger partial charge on any atom is 0.123 e. The zero-order valence-corrected chi connectivity index (χ0v) is 14.7. The first-order valence-corrected chi connectivity index (χ1v) is 9.98. The van der Waals surface area contributed by atoms with Crippen LogP contribution in [0.1, 0.15) is 32.1 Å². The average molecular weight is 341 g/mol. The number of benzene rings is 2. The Morgan fingerprint density at radius 2 is 1.48 bits per heavy atom. The summed E-state index contributed by atoms with van der Waals surface area (Å²) in [6, 6.07) is 19.8. The summed E-state index contributed by atoms with van der Waals surface area (Å²) in [6.07, 6.45) is 5.93. The van der Waals surface area contributed by atoms with E-state index >= 15 is 0 Å². The molecule has 0 amide bonds. The molecule has 0 bridgehead atoms. The highest BCUT2D eigenvalue weighted by Crippen LogP contribution is 2.32. The molecule has 1 nitrogen and oxygen atoms in total. The van der Waals surface area contributed by atoms with Gasteiger partial charge in [-0.25, -0.2) is 4.21 Å². The molecule has 0 radical (unpaired) electrons. The molecule has 118 valence electrons. The molecule has 0 heterocycles. The quantitative estimate of drug-likeness (QED) is 0.508. The number of hydrogen-bond donors (Lipinski definition) is 0. The maximum atomic E-state index is 13.0. The van der Waals surface area contributed by atoms with Gasteiger partial charge in [0.15, 0.2) is 0 Å². The molecule has 1 unspecified atom stereocenters. The average Bonchev–Trinajstić information content (AvgIpc) is 2.63. The van der Waals surface area contributed by atoms with E-state index in [1.54, 1.807) is 11.8 Å². The third-order valence-electron chi connectivity index (χ3n) is 3.82. The minimum absolute atomic E-state index is 0.819. The Kier molecular flexibility index (Phi) is 5.93. The van der Waals surface area contributed by atoms with Gasteiger partial charge in [-0.1, -0.05) is 60.3 Å². The topological polar surface area (TPSA) is 17.1 Å². The molecular formula is C20H20OS2. The first kappa shape index (κ1) is 16.3. The molecule has 23 heavy (non-hydrogen) atoms. The van der Waals surface area contributed by atoms with Crippen LogP contribution >= 0.6 is 11.8 Å². The van der Waals surface area contributed by atoms with Crippen LogP contribution in [-0.4, -0.2) is 4.21 Å². The van der Waals surface area contributed by atoms with Crippen molar-refractivity contribution in [3.05, 3.63) is 76.2 Å². The summed E-state index contributed by atoms with van der Waals surface area (Å²) in [5.74, 6) is 0. The van der Waals surface area contributed by atoms with Crippen LogP contribution in [0.2, 0.25) is 0 Å². The summed E-state index contributed by atoms with van der Waals surface area (Å²) in [5, 5.41) is 0. The highest BCUT2D eigenvalue weighted by Gasteiger charge is 2.13. The first-order valence-electron chi connectivity index (χ1n) is 8.01. The van der Waals surface area contributed by atoms with E-state index in [1.807, 2.05) is 48.5 Å². The Balaban J connectivity index is 1.96. The lowest BCUT2D eigenvalue weighted by atomic mass is 9.96. The Morgan fingerprint density at radius 3 is 2.13 bits per heavy atom. The van der Waals surface area contributed by atoms with Gasteiger partial charge in [-0.05, 0) is 55.5 Å². The van der Waals surface area contributed by atoms with Gasteiger partial charge in [0.1, 0.15) is 4.24 Å². The van der Waals surface area contributed by atoms with Crippen molar-refractivity contribution in [1.29, 1.82) is 0 Å². The maximum absolute atomic E-state index is 13.0. The summed E-state index contributed by atoms with van der Waals surface area (Å²) in [6.45, 7) is 0. The SMILES string of the molecule is O=S(C(=C=C1CCCCC1)Sc1ccccc1)c1ccccc1. The molecule has 1 saturated carbocycles. The van der Waals surface area contributed by atoms with Crippen molar-refractivity contribution in [2.24, 2.45) is 0 Å². The lowest BCUT2D eigenvalue weighted by Gasteiger charge is -2.12. The normalized spacial score (nSPS) is 15.7. The molecule has 1 fully saturated rings. The predicted octanol–water partition coefficient (Wildman–Crippen LogP) is 5.92. The summed E-state index contributed by atoms with van der Waals surface area (Å²) in [4.78, 5) is 1.95. The van der Waals surface area contributed by atoms with Crippen molar-refractivity contribution in [2.75, 3.05) is 0 Å². The predicted molar refractivity (Wildman–Crippen MR) is 98.8 cm³/mol. The van der Waals surface area contributed by atoms with E-state index < -0.39 is 10.8 Å². The standard InChI is InChI=1S/C20H20OS2/c21-23(19-14-8-3-9-15-19)20(16-17-10-4-1-5-11-17)22-18-12-6-2-7-13-18/h2-3,6-9,12-15H,1,4-5,10-11H2. The molecule has 3 rings (SSSR count). The Bertz CT molecular complexity index is 721. The molecular weight excluding hydrogens is 320 g/mol. The molecule has 0 aliphatic heterocycles. The van der Waals surface area contributed by atoms with Gasteiger partial charge >= 0.3 is 0 Å². The van der Waals surface area contributed by atoms with Crippen molar-refractivity contribution < 1.29 is 4.21 Å². The largest absolute Gasteiger partial charge is 0.248 e. The van der Waals surface area contributed by atoms with Crippen LogP contribution < -0.4 is 0 Å². The zero-order chi connectivity index (χ0) is 15.9. The molecule has 0 spiro atoms. The second-order valence-corrected chi connectivity index (χ2v) is 8.33. The van der Waals surface area contributed by atoms with E-state index in [0.717, 1.165) is 26.9 Å². The van der Waals surface area contributed by atoms with E-state index in [-0.39, 0.29) is 0 Å². The molecule has 1 aliphatic carbocycles. The first-order chi connectivity index (χ1) is 11.3. The van der Waals surface area contributed by atoms with Gasteiger partial charge in [0.25, 0.3) is 0 Å². The molecule has 0 N–H and O–H groups in total. The van der Waals surface area contributed by atoms with Crippen molar-refractivity contribution in [3.63, 3.8) is 0 Å². The van der Waals surface area contributed by atoms with Gasteiger partial charge in [-0.2, -0.15) is 0 Å². The number of allylic oxidation sites excluding steroid dienone is 1. The van der Waals surface area contributed by atoms with Crippen molar-refractivity contribution in [3.8, 4) is 0 Å². The van der Waals surface area contributed by atoms with Crippen LogP contribution in [0.25, 0.3) is 0 Å². The van der Waals surface area contributed by atoms with Gasteiger partial charge in [-0.15, -0.1) is 0 Å². The number of rotatable bonds is 4. The summed E-state index contributed by atoms with van der Waals surface area (Å²) < 4.78 is 13.8. The van der Waals surface area contributed by atoms with Crippen molar-refractivity contribution in [2.45, 2.75) is 41.9 Å². The van der Waals surface area contributed by atoms with Crippen LogP contribution in [0.15, 0.2) is 86.0 Å². The van der Waals surface area contributed by atoms with Crippen LogP contribution in [0.3, 0.4) is 0 Å². The van der Waals surface area contributed by atoms with E-state index in [1.165, 1.54) is 24.8 Å². The van der Waals surface area contributed by atoms with E-state index in [4.69, 9.17) is 0 Å². The lowest BCUT2D eigenvalue weighted by Crippen LogP contribution is -1.95. The molecule has 2 aromatic rings. The molecule has 0 saturated heterocycles. The second kappa shape index (κ2) is 8.35. The Morgan fingerprint density at radius 1 is 0.870 bits per heavy atom. The Hall–Kier alpha value is -1.54. The second-order valence-electron chi connectivity index (χ2n) is 5.57. The van der Waals surface area contributed by atoms with Crippen LogP contribution in [0, 0.1) is 0 Å². The smallest absolute Gasteiger partial charge is 0.123 e. The number of thioether (sulfide) groups is 1. The summed E-state index contributed by atoms with van der Waals surface area (Å²) in [7, 11) is -1.18. The van der Waals surface area contributed by atoms with Gasteiger partial charge in [0, 0.05) is 9.79 Å². The highest BCUT2D eigenvalue weighted by molar-refractivity contribution is 8.16. The zero-order valence-electron chi connectivity index (χ0n) is 13.0. The minimum Gasteiger partial charge on any atom is -0.248 e. The van der Waals surface area contributed by atoms with E-state index in [9.17, 15) is 4.21 Å². The van der Waals surface area contributed by atoms with Gasteiger partial charge in [0.2, 0.25) is 0 Å². The monoisotopic (exact) mass is 340 g/mol. The molecule has 1 atom stereocenters. The van der Waals surface area contributed by atoms with E-state index in [2.05, 4.69) is 17.9 Å². The van der Waals surface area contributed by atoms with E-state index in [0.29, 0.717) is 0 Å². The highest BCUT2D eigenvalue weighted by atomic mass is 32.2. The number of hydrogen-bond acceptors (Lipinski definition) is 2. The fourth-order valence-corrected chi connectivity index (χ4v) is 5.04. The third kappa shape index (κ3) is 4.71. The fourth-order valence-electron chi connectivity index (χ4n) is 2.60. The van der Waals surface area contributed by atoms with Gasteiger partial charge in [0.05, 0.1) is 10.8 Å². The third-order valence-corrected chi connectivity index (χ3v) is 6.45. The van der Waals surface area contributed by atoms with Crippen molar-refractivity contribution in [1.82, 2.24) is 0 Å². The molecule has 2 aromatic carbocycles. The molecule has 0 aromatic heterocycles. The minimum atomic E-state index is -1.18. The fraction of sp³-hybridized carbons (Fsp3) is 0.250. The van der Waals surface area contributed by atoms with Gasteiger partial charge < -0.3 is 0 Å². The van der Waals surface area contributed by atoms with Gasteiger partial charge in [-0.3, -0.25) is 0 Å². The van der Waals surface area contributed by atoms with Crippen LogP contribution in [-0.2, 0) is 10.8 Å². The summed E-state index contributed by atoms with van der Waals surface area (Å²) in [5.41, 5.74) is 4.82.